The van der Waals surface area contributed by atoms with Crippen molar-refractivity contribution in [3.63, 3.8) is 0 Å². The number of para-hydroxylation sites is 1. The molecule has 1 aromatic heterocycles. The first-order valence-electron chi connectivity index (χ1n) is 10.1. The number of anilines is 1. The Morgan fingerprint density at radius 3 is 2.23 bits per heavy atom. The number of nitrogens with zero attached hydrogens (tertiary/aromatic N) is 1. The smallest absolute Gasteiger partial charge is 0.238 e. The number of hydrogen-bond acceptors (Lipinski definition) is 3. The van der Waals surface area contributed by atoms with Gasteiger partial charge in [-0.15, -0.1) is 0 Å². The minimum atomic E-state index is -0.452. The molecule has 1 atom stereocenters. The van der Waals surface area contributed by atoms with Gasteiger partial charge in [0.1, 0.15) is 5.82 Å². The number of halogens is 1. The van der Waals surface area contributed by atoms with Gasteiger partial charge in [-0.1, -0.05) is 91.5 Å². The van der Waals surface area contributed by atoms with Crippen molar-refractivity contribution in [2.24, 2.45) is 0 Å². The molecular weight excluding hydrogens is 409 g/mol. The van der Waals surface area contributed by atoms with Crippen LogP contribution >= 0.6 is 11.8 Å². The lowest BCUT2D eigenvalue weighted by molar-refractivity contribution is -0.115. The highest BCUT2D eigenvalue weighted by atomic mass is 32.2. The molecule has 1 unspecified atom stereocenters. The lowest BCUT2D eigenvalue weighted by atomic mass is 10.1. The number of rotatable bonds is 7. The zero-order valence-corrected chi connectivity index (χ0v) is 17.8. The Bertz CT molecular complexity index is 1100. The van der Waals surface area contributed by atoms with E-state index in [1.54, 1.807) is 18.2 Å². The van der Waals surface area contributed by atoms with Gasteiger partial charge in [0.2, 0.25) is 5.91 Å². The van der Waals surface area contributed by atoms with E-state index in [2.05, 4.69) is 10.3 Å². The summed E-state index contributed by atoms with van der Waals surface area (Å²) in [4.78, 5) is 21.0. The fourth-order valence-electron chi connectivity index (χ4n) is 3.26. The maximum Gasteiger partial charge on any atom is 0.238 e. The molecule has 1 heterocycles. The van der Waals surface area contributed by atoms with E-state index in [0.29, 0.717) is 11.6 Å². The third-order valence-electron chi connectivity index (χ3n) is 4.84. The van der Waals surface area contributed by atoms with Gasteiger partial charge in [0.05, 0.1) is 22.3 Å². The Kier molecular flexibility index (Phi) is 6.48. The molecule has 0 radical (unpaired) electrons. The van der Waals surface area contributed by atoms with Crippen LogP contribution in [0.4, 0.5) is 10.1 Å². The standard InChI is InChI=1S/C25H22FN3OS/c1-2-21(24(30)27-20-16-10-9-15-19(20)26)31-25-28-22(17-11-5-3-6-12-17)23(29-25)18-13-7-4-8-14-18/h3-16,21H,2H2,1H3,(H,27,30)(H,28,29). The lowest BCUT2D eigenvalue weighted by Gasteiger charge is -2.13. The van der Waals surface area contributed by atoms with Crippen LogP contribution in [0.5, 0.6) is 0 Å². The molecule has 0 saturated heterocycles. The average Bonchev–Trinajstić information content (AvgIpc) is 3.24. The monoisotopic (exact) mass is 431 g/mol. The van der Waals surface area contributed by atoms with Crippen LogP contribution in [0.25, 0.3) is 22.5 Å². The topological polar surface area (TPSA) is 57.8 Å². The second kappa shape index (κ2) is 9.62. The Morgan fingerprint density at radius 1 is 0.968 bits per heavy atom. The molecular formula is C25H22FN3OS. The summed E-state index contributed by atoms with van der Waals surface area (Å²) in [6.45, 7) is 1.93. The fourth-order valence-corrected chi connectivity index (χ4v) is 4.17. The predicted octanol–water partition coefficient (Wildman–Crippen LogP) is 6.39. The highest BCUT2D eigenvalue weighted by Crippen LogP contribution is 2.34. The summed E-state index contributed by atoms with van der Waals surface area (Å²) in [6, 6.07) is 26.1. The van der Waals surface area contributed by atoms with Gasteiger partial charge < -0.3 is 10.3 Å². The molecule has 6 heteroatoms. The van der Waals surface area contributed by atoms with Crippen LogP contribution in [0, 0.1) is 5.82 Å². The average molecular weight is 432 g/mol. The molecule has 0 aliphatic rings. The largest absolute Gasteiger partial charge is 0.332 e. The number of amides is 1. The molecule has 3 aromatic carbocycles. The summed E-state index contributed by atoms with van der Waals surface area (Å²) < 4.78 is 13.9. The van der Waals surface area contributed by atoms with E-state index in [-0.39, 0.29) is 11.6 Å². The summed E-state index contributed by atoms with van der Waals surface area (Å²) >= 11 is 1.35. The van der Waals surface area contributed by atoms with Gasteiger partial charge in [0.25, 0.3) is 0 Å². The molecule has 0 aliphatic carbocycles. The van der Waals surface area contributed by atoms with Gasteiger partial charge in [0, 0.05) is 11.1 Å². The Labute approximate surface area is 184 Å². The maximum absolute atomic E-state index is 13.9. The number of aromatic nitrogens is 2. The van der Waals surface area contributed by atoms with Gasteiger partial charge in [-0.25, -0.2) is 9.37 Å². The summed E-state index contributed by atoms with van der Waals surface area (Å²) in [5, 5.41) is 2.92. The third-order valence-corrected chi connectivity index (χ3v) is 6.09. The number of aromatic amines is 1. The summed E-state index contributed by atoms with van der Waals surface area (Å²) in [7, 11) is 0. The van der Waals surface area contributed by atoms with E-state index >= 15 is 0 Å². The molecule has 4 aromatic rings. The van der Waals surface area contributed by atoms with Crippen molar-refractivity contribution in [2.45, 2.75) is 23.8 Å². The molecule has 4 rings (SSSR count). The molecule has 1 amide bonds. The minimum absolute atomic E-state index is 0.181. The van der Waals surface area contributed by atoms with Gasteiger partial charge in [-0.05, 0) is 18.6 Å². The third kappa shape index (κ3) is 4.86. The second-order valence-electron chi connectivity index (χ2n) is 6.98. The van der Waals surface area contributed by atoms with Crippen LogP contribution in [-0.4, -0.2) is 21.1 Å². The van der Waals surface area contributed by atoms with Crippen LogP contribution in [-0.2, 0) is 4.79 Å². The van der Waals surface area contributed by atoms with Crippen LogP contribution in [0.15, 0.2) is 90.1 Å². The predicted molar refractivity (Wildman–Crippen MR) is 124 cm³/mol. The molecule has 0 saturated carbocycles. The van der Waals surface area contributed by atoms with Crippen molar-refractivity contribution in [3.8, 4) is 22.5 Å². The van der Waals surface area contributed by atoms with Crippen LogP contribution in [0.1, 0.15) is 13.3 Å². The molecule has 2 N–H and O–H groups in total. The number of benzene rings is 3. The molecule has 156 valence electrons. The highest BCUT2D eigenvalue weighted by Gasteiger charge is 2.22. The number of carbonyl (C=O) groups excluding carboxylic acids is 1. The summed E-state index contributed by atoms with van der Waals surface area (Å²) in [6.07, 6.45) is 0.576. The molecule has 0 bridgehead atoms. The number of imidazole rings is 1. The number of hydrogen-bond donors (Lipinski definition) is 2. The number of H-pyrrole nitrogens is 1. The zero-order valence-electron chi connectivity index (χ0n) is 17.0. The van der Waals surface area contributed by atoms with Gasteiger partial charge in [-0.2, -0.15) is 0 Å². The Balaban J connectivity index is 1.62. The number of carbonyl (C=O) groups is 1. The van der Waals surface area contributed by atoms with Crippen molar-refractivity contribution in [2.75, 3.05) is 5.32 Å². The van der Waals surface area contributed by atoms with Gasteiger partial charge >= 0.3 is 0 Å². The van der Waals surface area contributed by atoms with Crippen molar-refractivity contribution >= 4 is 23.4 Å². The van der Waals surface area contributed by atoms with E-state index in [1.165, 1.54) is 17.8 Å². The number of nitrogens with one attached hydrogen (secondary N) is 2. The summed E-state index contributed by atoms with van der Waals surface area (Å²) in [5.74, 6) is -0.706. The van der Waals surface area contributed by atoms with Crippen molar-refractivity contribution in [3.05, 3.63) is 90.7 Å². The van der Waals surface area contributed by atoms with Crippen molar-refractivity contribution in [1.29, 1.82) is 0 Å². The molecule has 0 spiro atoms. The Hall–Kier alpha value is -3.38. The second-order valence-corrected chi connectivity index (χ2v) is 8.17. The van der Waals surface area contributed by atoms with Crippen molar-refractivity contribution in [1.82, 2.24) is 9.97 Å². The first kappa shape index (κ1) is 20.9. The van der Waals surface area contributed by atoms with E-state index in [4.69, 9.17) is 4.98 Å². The first-order valence-corrected chi connectivity index (χ1v) is 11.0. The molecule has 4 nitrogen and oxygen atoms in total. The number of thioether (sulfide) groups is 1. The Morgan fingerprint density at radius 2 is 1.58 bits per heavy atom. The highest BCUT2D eigenvalue weighted by molar-refractivity contribution is 8.00. The van der Waals surface area contributed by atoms with E-state index in [9.17, 15) is 9.18 Å². The minimum Gasteiger partial charge on any atom is -0.332 e. The van der Waals surface area contributed by atoms with Crippen LogP contribution in [0.2, 0.25) is 0 Å². The van der Waals surface area contributed by atoms with Crippen molar-refractivity contribution < 1.29 is 9.18 Å². The van der Waals surface area contributed by atoms with Gasteiger partial charge in [0.15, 0.2) is 5.16 Å². The van der Waals surface area contributed by atoms with E-state index in [0.717, 1.165) is 22.5 Å². The van der Waals surface area contributed by atoms with Crippen LogP contribution in [0.3, 0.4) is 0 Å². The van der Waals surface area contributed by atoms with Gasteiger partial charge in [-0.3, -0.25) is 4.79 Å². The first-order chi connectivity index (χ1) is 15.2. The summed E-state index contributed by atoms with van der Waals surface area (Å²) in [5.41, 5.74) is 3.93. The van der Waals surface area contributed by atoms with E-state index in [1.807, 2.05) is 67.6 Å². The van der Waals surface area contributed by atoms with E-state index < -0.39 is 11.1 Å². The SMILES string of the molecule is CCC(Sc1nc(-c2ccccc2)c(-c2ccccc2)[nH]1)C(=O)Nc1ccccc1F. The fraction of sp³-hybridized carbons (Fsp3) is 0.120. The zero-order chi connectivity index (χ0) is 21.6. The molecule has 0 aliphatic heterocycles. The lowest BCUT2D eigenvalue weighted by Crippen LogP contribution is -2.25. The normalized spacial score (nSPS) is 11.8. The maximum atomic E-state index is 13.9. The molecule has 0 fully saturated rings. The quantitative estimate of drug-likeness (QED) is 0.333. The molecule has 31 heavy (non-hydrogen) atoms. The van der Waals surface area contributed by atoms with Crippen LogP contribution < -0.4 is 5.32 Å².